The van der Waals surface area contributed by atoms with Gasteiger partial charge in [-0.3, -0.25) is 0 Å². The first kappa shape index (κ1) is 10.8. The second-order valence-electron chi connectivity index (χ2n) is 3.90. The van der Waals surface area contributed by atoms with Gasteiger partial charge in [-0.15, -0.1) is 0 Å². The van der Waals surface area contributed by atoms with Crippen molar-refractivity contribution in [2.75, 3.05) is 0 Å². The molecule has 0 fully saturated rings. The highest BCUT2D eigenvalue weighted by molar-refractivity contribution is 5.19. The van der Waals surface area contributed by atoms with Crippen LogP contribution in [0.4, 0.5) is 4.39 Å². The maximum atomic E-state index is 12.7. The summed E-state index contributed by atoms with van der Waals surface area (Å²) in [4.78, 5) is 4.19. The summed E-state index contributed by atoms with van der Waals surface area (Å²) in [5.41, 5.74) is 7.88. The van der Waals surface area contributed by atoms with E-state index >= 15 is 0 Å². The number of hydrogen-bond acceptors (Lipinski definition) is 2. The summed E-state index contributed by atoms with van der Waals surface area (Å²) in [5, 5.41) is 0. The van der Waals surface area contributed by atoms with Crippen LogP contribution in [0.25, 0.3) is 0 Å². The molecule has 2 aromatic rings. The van der Waals surface area contributed by atoms with E-state index in [1.54, 1.807) is 18.5 Å². The van der Waals surface area contributed by atoms with Crippen LogP contribution in [0, 0.1) is 5.82 Å². The van der Waals surface area contributed by atoms with Crippen molar-refractivity contribution in [1.29, 1.82) is 0 Å². The Morgan fingerprint density at radius 2 is 2.06 bits per heavy atom. The lowest BCUT2D eigenvalue weighted by Gasteiger charge is -2.08. The maximum Gasteiger partial charge on any atom is 0.123 e. The summed E-state index contributed by atoms with van der Waals surface area (Å²) >= 11 is 0. The average Bonchev–Trinajstić information content (AvgIpc) is 2.68. The SMILES string of the molecule is Cn1cnc(C(N)Cc2ccc(F)cc2)c1. The molecule has 1 aromatic carbocycles. The zero-order valence-electron chi connectivity index (χ0n) is 9.10. The van der Waals surface area contributed by atoms with Crippen LogP contribution in [0.1, 0.15) is 17.3 Å². The summed E-state index contributed by atoms with van der Waals surface area (Å²) in [6.07, 6.45) is 4.28. The number of aromatic nitrogens is 2. The van der Waals surface area contributed by atoms with Crippen LogP contribution in [0.15, 0.2) is 36.8 Å². The van der Waals surface area contributed by atoms with Gasteiger partial charge in [-0.05, 0) is 24.1 Å². The Morgan fingerprint density at radius 3 is 2.62 bits per heavy atom. The molecule has 1 atom stereocenters. The highest BCUT2D eigenvalue weighted by Gasteiger charge is 2.09. The summed E-state index contributed by atoms with van der Waals surface area (Å²) in [6, 6.07) is 6.24. The maximum absolute atomic E-state index is 12.7. The number of benzene rings is 1. The number of aryl methyl sites for hydroxylation is 1. The van der Waals surface area contributed by atoms with Gasteiger partial charge in [-0.2, -0.15) is 0 Å². The molecule has 0 aliphatic heterocycles. The van der Waals surface area contributed by atoms with Gasteiger partial charge in [0.15, 0.2) is 0 Å². The standard InChI is InChI=1S/C12H14FN3/c1-16-7-12(15-8-16)11(14)6-9-2-4-10(13)5-3-9/h2-5,7-8,11H,6,14H2,1H3. The highest BCUT2D eigenvalue weighted by Crippen LogP contribution is 2.14. The third kappa shape index (κ3) is 2.46. The van der Waals surface area contributed by atoms with E-state index in [4.69, 9.17) is 5.73 Å². The lowest BCUT2D eigenvalue weighted by Crippen LogP contribution is -2.13. The molecule has 3 nitrogen and oxygen atoms in total. The fraction of sp³-hybridized carbons (Fsp3) is 0.250. The summed E-state index contributed by atoms with van der Waals surface area (Å²) in [5.74, 6) is -0.227. The van der Waals surface area contributed by atoms with Crippen molar-refractivity contribution in [3.8, 4) is 0 Å². The monoisotopic (exact) mass is 219 g/mol. The van der Waals surface area contributed by atoms with E-state index in [1.807, 2.05) is 17.8 Å². The fourth-order valence-corrected chi connectivity index (χ4v) is 1.60. The van der Waals surface area contributed by atoms with Crippen LogP contribution in [0.5, 0.6) is 0 Å². The van der Waals surface area contributed by atoms with Gasteiger partial charge < -0.3 is 10.3 Å². The number of rotatable bonds is 3. The van der Waals surface area contributed by atoms with Crippen molar-refractivity contribution in [3.63, 3.8) is 0 Å². The molecule has 0 radical (unpaired) electrons. The van der Waals surface area contributed by atoms with E-state index in [2.05, 4.69) is 4.98 Å². The van der Waals surface area contributed by atoms with E-state index < -0.39 is 0 Å². The molecule has 0 saturated carbocycles. The van der Waals surface area contributed by atoms with Gasteiger partial charge in [0.25, 0.3) is 0 Å². The van der Waals surface area contributed by atoms with Gasteiger partial charge in [-0.1, -0.05) is 12.1 Å². The smallest absolute Gasteiger partial charge is 0.123 e. The van der Waals surface area contributed by atoms with E-state index in [0.29, 0.717) is 6.42 Å². The molecule has 0 bridgehead atoms. The molecule has 0 amide bonds. The Balaban J connectivity index is 2.07. The molecular formula is C12H14FN3. The number of nitrogens with zero attached hydrogens (tertiary/aromatic N) is 2. The van der Waals surface area contributed by atoms with E-state index in [0.717, 1.165) is 11.3 Å². The van der Waals surface area contributed by atoms with Gasteiger partial charge in [0.1, 0.15) is 5.82 Å². The van der Waals surface area contributed by atoms with Crippen LogP contribution in [0.2, 0.25) is 0 Å². The van der Waals surface area contributed by atoms with Gasteiger partial charge >= 0.3 is 0 Å². The second kappa shape index (κ2) is 4.45. The first-order valence-corrected chi connectivity index (χ1v) is 5.13. The molecule has 16 heavy (non-hydrogen) atoms. The minimum atomic E-state index is -0.227. The van der Waals surface area contributed by atoms with E-state index in [9.17, 15) is 4.39 Å². The average molecular weight is 219 g/mol. The molecule has 0 spiro atoms. The molecule has 0 aliphatic rings. The number of imidazole rings is 1. The second-order valence-corrected chi connectivity index (χ2v) is 3.90. The molecule has 2 rings (SSSR count). The van der Waals surface area contributed by atoms with Crippen LogP contribution >= 0.6 is 0 Å². The normalized spacial score (nSPS) is 12.7. The van der Waals surface area contributed by atoms with Crippen molar-refractivity contribution >= 4 is 0 Å². The lowest BCUT2D eigenvalue weighted by atomic mass is 10.0. The zero-order valence-corrected chi connectivity index (χ0v) is 9.10. The molecule has 1 unspecified atom stereocenters. The predicted octanol–water partition coefficient (Wildman–Crippen LogP) is 1.80. The van der Waals surface area contributed by atoms with Crippen molar-refractivity contribution in [3.05, 3.63) is 53.9 Å². The topological polar surface area (TPSA) is 43.8 Å². The number of hydrogen-bond donors (Lipinski definition) is 1. The third-order valence-corrected chi connectivity index (χ3v) is 2.47. The Hall–Kier alpha value is -1.68. The molecule has 2 N–H and O–H groups in total. The highest BCUT2D eigenvalue weighted by atomic mass is 19.1. The summed E-state index contributed by atoms with van der Waals surface area (Å²) < 4.78 is 14.6. The molecule has 1 heterocycles. The Labute approximate surface area is 93.7 Å². The molecule has 0 aliphatic carbocycles. The number of nitrogens with two attached hydrogens (primary N) is 1. The first-order valence-electron chi connectivity index (χ1n) is 5.13. The molecule has 84 valence electrons. The van der Waals surface area contributed by atoms with Crippen LogP contribution < -0.4 is 5.73 Å². The van der Waals surface area contributed by atoms with Crippen molar-refractivity contribution < 1.29 is 4.39 Å². The van der Waals surface area contributed by atoms with Crippen LogP contribution in [-0.2, 0) is 13.5 Å². The Morgan fingerprint density at radius 1 is 1.38 bits per heavy atom. The van der Waals surface area contributed by atoms with Gasteiger partial charge in [0.05, 0.1) is 18.1 Å². The van der Waals surface area contributed by atoms with Crippen LogP contribution in [0.3, 0.4) is 0 Å². The molecule has 4 heteroatoms. The Bertz CT molecular complexity index is 461. The van der Waals surface area contributed by atoms with Gasteiger partial charge in [0.2, 0.25) is 0 Å². The number of halogens is 1. The zero-order chi connectivity index (χ0) is 11.5. The first-order chi connectivity index (χ1) is 7.65. The molecular weight excluding hydrogens is 205 g/mol. The minimum absolute atomic E-state index is 0.147. The van der Waals surface area contributed by atoms with E-state index in [1.165, 1.54) is 12.1 Å². The quantitative estimate of drug-likeness (QED) is 0.855. The van der Waals surface area contributed by atoms with Crippen LogP contribution in [-0.4, -0.2) is 9.55 Å². The summed E-state index contributed by atoms with van der Waals surface area (Å²) in [7, 11) is 1.90. The third-order valence-electron chi connectivity index (χ3n) is 2.47. The largest absolute Gasteiger partial charge is 0.340 e. The van der Waals surface area contributed by atoms with Gasteiger partial charge in [0, 0.05) is 13.2 Å². The summed E-state index contributed by atoms with van der Waals surface area (Å²) in [6.45, 7) is 0. The predicted molar refractivity (Wildman–Crippen MR) is 60.2 cm³/mol. The van der Waals surface area contributed by atoms with Crippen molar-refractivity contribution in [2.24, 2.45) is 12.8 Å². The fourth-order valence-electron chi connectivity index (χ4n) is 1.60. The lowest BCUT2D eigenvalue weighted by molar-refractivity contribution is 0.625. The van der Waals surface area contributed by atoms with Gasteiger partial charge in [-0.25, -0.2) is 9.37 Å². The molecule has 0 saturated heterocycles. The van der Waals surface area contributed by atoms with E-state index in [-0.39, 0.29) is 11.9 Å². The molecule has 1 aromatic heterocycles. The Kier molecular flexibility index (Phi) is 3.01. The minimum Gasteiger partial charge on any atom is -0.340 e. The van der Waals surface area contributed by atoms with Crippen molar-refractivity contribution in [1.82, 2.24) is 9.55 Å². The van der Waals surface area contributed by atoms with Crippen molar-refractivity contribution in [2.45, 2.75) is 12.5 Å².